The molecule has 0 radical (unpaired) electrons. The number of nitrogens with one attached hydrogen (secondary N) is 1. The van der Waals surface area contributed by atoms with E-state index in [1.807, 2.05) is 25.4 Å². The van der Waals surface area contributed by atoms with Gasteiger partial charge in [-0.1, -0.05) is 0 Å². The lowest BCUT2D eigenvalue weighted by Crippen LogP contribution is -2.05. The van der Waals surface area contributed by atoms with Crippen LogP contribution in [0.1, 0.15) is 5.69 Å². The topological polar surface area (TPSA) is 85.8 Å². The summed E-state index contributed by atoms with van der Waals surface area (Å²) in [4.78, 5) is 0. The van der Waals surface area contributed by atoms with Gasteiger partial charge < -0.3 is 5.32 Å². The Morgan fingerprint density at radius 2 is 2.18 bits per heavy atom. The summed E-state index contributed by atoms with van der Waals surface area (Å²) < 4.78 is 3.13. The highest BCUT2D eigenvalue weighted by atomic mass is 15.6. The largest absolute Gasteiger partial charge is 0.363 e. The highest BCUT2D eigenvalue weighted by Crippen LogP contribution is 2.05. The molecule has 8 nitrogen and oxygen atoms in total. The molecule has 0 amide bonds. The number of tetrazole rings is 1. The fraction of sp³-hybridized carbons (Fsp3) is 0.222. The number of anilines is 1. The summed E-state index contributed by atoms with van der Waals surface area (Å²) in [5, 5.41) is 22.6. The van der Waals surface area contributed by atoms with Crippen molar-refractivity contribution in [3.05, 3.63) is 30.1 Å². The molecule has 3 aromatic heterocycles. The first-order chi connectivity index (χ1) is 8.31. The van der Waals surface area contributed by atoms with Crippen molar-refractivity contribution < 1.29 is 0 Å². The van der Waals surface area contributed by atoms with Crippen LogP contribution in [-0.2, 0) is 13.6 Å². The van der Waals surface area contributed by atoms with Gasteiger partial charge in [-0.15, -0.1) is 14.8 Å². The Morgan fingerprint density at radius 1 is 1.24 bits per heavy atom. The van der Waals surface area contributed by atoms with Crippen LogP contribution in [0.4, 0.5) is 5.82 Å². The minimum atomic E-state index is 0.613. The smallest absolute Gasteiger partial charge is 0.200 e. The van der Waals surface area contributed by atoms with E-state index in [-0.39, 0.29) is 0 Å². The quantitative estimate of drug-likeness (QED) is 0.674. The molecule has 0 aliphatic carbocycles. The molecular weight excluding hydrogens is 220 g/mol. The zero-order chi connectivity index (χ0) is 11.7. The Kier molecular flexibility index (Phi) is 2.18. The zero-order valence-corrected chi connectivity index (χ0v) is 9.15. The molecular formula is C9H10N8. The summed E-state index contributed by atoms with van der Waals surface area (Å²) in [5.74, 6) is 0.704. The molecule has 0 aromatic carbocycles. The van der Waals surface area contributed by atoms with Crippen molar-refractivity contribution in [2.45, 2.75) is 6.54 Å². The van der Waals surface area contributed by atoms with E-state index in [1.54, 1.807) is 10.7 Å². The first kappa shape index (κ1) is 9.70. The van der Waals surface area contributed by atoms with Crippen molar-refractivity contribution in [2.24, 2.45) is 7.05 Å². The van der Waals surface area contributed by atoms with Crippen LogP contribution in [0, 0.1) is 0 Å². The van der Waals surface area contributed by atoms with Gasteiger partial charge in [0.1, 0.15) is 5.82 Å². The van der Waals surface area contributed by atoms with E-state index in [4.69, 9.17) is 0 Å². The molecule has 0 aliphatic rings. The SMILES string of the molecule is Cn1ccc(CNc2ccc3nnnn3n2)n1. The van der Waals surface area contributed by atoms with Crippen LogP contribution in [0.15, 0.2) is 24.4 Å². The Labute approximate surface area is 96.2 Å². The summed E-state index contributed by atoms with van der Waals surface area (Å²) in [5.41, 5.74) is 1.57. The molecule has 0 spiro atoms. The van der Waals surface area contributed by atoms with E-state index in [1.165, 1.54) is 4.63 Å². The van der Waals surface area contributed by atoms with Crippen molar-refractivity contribution in [1.29, 1.82) is 0 Å². The Hall–Kier alpha value is -2.51. The molecule has 17 heavy (non-hydrogen) atoms. The van der Waals surface area contributed by atoms with Crippen molar-refractivity contribution in [1.82, 2.24) is 35.0 Å². The molecule has 0 aliphatic heterocycles. The summed E-state index contributed by atoms with van der Waals surface area (Å²) in [6.45, 7) is 0.613. The molecule has 1 N–H and O–H groups in total. The van der Waals surface area contributed by atoms with Crippen molar-refractivity contribution in [2.75, 3.05) is 5.32 Å². The Balaban J connectivity index is 1.76. The average molecular weight is 230 g/mol. The maximum atomic E-state index is 4.26. The highest BCUT2D eigenvalue weighted by molar-refractivity contribution is 5.42. The number of fused-ring (bicyclic) bond motifs is 1. The molecule has 86 valence electrons. The predicted molar refractivity (Wildman–Crippen MR) is 59.1 cm³/mol. The number of nitrogens with zero attached hydrogens (tertiary/aromatic N) is 7. The molecule has 8 heteroatoms. The maximum absolute atomic E-state index is 4.26. The van der Waals surface area contributed by atoms with Crippen LogP contribution in [0.25, 0.3) is 5.65 Å². The van der Waals surface area contributed by atoms with E-state index in [2.05, 4.69) is 31.0 Å². The lowest BCUT2D eigenvalue weighted by molar-refractivity contribution is 0.729. The maximum Gasteiger partial charge on any atom is 0.200 e. The van der Waals surface area contributed by atoms with Gasteiger partial charge in [0, 0.05) is 13.2 Å². The van der Waals surface area contributed by atoms with Gasteiger partial charge in [0.25, 0.3) is 0 Å². The molecule has 3 aromatic rings. The third-order valence-corrected chi connectivity index (χ3v) is 2.29. The first-order valence-corrected chi connectivity index (χ1v) is 5.09. The summed E-state index contributed by atoms with van der Waals surface area (Å²) >= 11 is 0. The predicted octanol–water partition coefficient (Wildman–Crippen LogP) is -0.135. The number of rotatable bonds is 3. The number of aromatic nitrogens is 7. The van der Waals surface area contributed by atoms with Crippen molar-refractivity contribution in [3.8, 4) is 0 Å². The first-order valence-electron chi connectivity index (χ1n) is 5.09. The van der Waals surface area contributed by atoms with Gasteiger partial charge >= 0.3 is 0 Å². The second kappa shape index (κ2) is 3.81. The molecule has 0 saturated heterocycles. The van der Waals surface area contributed by atoms with E-state index >= 15 is 0 Å². The third-order valence-electron chi connectivity index (χ3n) is 2.29. The fourth-order valence-corrected chi connectivity index (χ4v) is 1.48. The van der Waals surface area contributed by atoms with E-state index in [0.29, 0.717) is 18.0 Å². The molecule has 3 rings (SSSR count). The lowest BCUT2D eigenvalue weighted by atomic mass is 10.4. The van der Waals surface area contributed by atoms with Crippen LogP contribution in [0.5, 0.6) is 0 Å². The number of hydrogen-bond acceptors (Lipinski definition) is 6. The molecule has 0 atom stereocenters. The van der Waals surface area contributed by atoms with Gasteiger partial charge in [0.05, 0.1) is 12.2 Å². The molecule has 0 fully saturated rings. The fourth-order valence-electron chi connectivity index (χ4n) is 1.48. The second-order valence-electron chi connectivity index (χ2n) is 3.58. The zero-order valence-electron chi connectivity index (χ0n) is 9.15. The van der Waals surface area contributed by atoms with Crippen molar-refractivity contribution >= 4 is 11.5 Å². The van der Waals surface area contributed by atoms with Crippen LogP contribution >= 0.6 is 0 Å². The standard InChI is InChI=1S/C9H10N8/c1-16-5-4-7(12-16)6-10-8-2-3-9-11-14-15-17(9)13-8/h2-5H,6H2,1H3,(H,10,13). The molecule has 0 bridgehead atoms. The second-order valence-corrected chi connectivity index (χ2v) is 3.58. The van der Waals surface area contributed by atoms with Gasteiger partial charge in [0.15, 0.2) is 5.65 Å². The molecule has 0 unspecified atom stereocenters. The Morgan fingerprint density at radius 3 is 3.00 bits per heavy atom. The summed E-state index contributed by atoms with van der Waals surface area (Å²) in [6, 6.07) is 5.57. The summed E-state index contributed by atoms with van der Waals surface area (Å²) in [7, 11) is 1.88. The van der Waals surface area contributed by atoms with Crippen molar-refractivity contribution in [3.63, 3.8) is 0 Å². The minimum Gasteiger partial charge on any atom is -0.363 e. The Bertz CT molecular complexity index is 639. The highest BCUT2D eigenvalue weighted by Gasteiger charge is 2.01. The van der Waals surface area contributed by atoms with Crippen LogP contribution in [-0.4, -0.2) is 35.0 Å². The lowest BCUT2D eigenvalue weighted by Gasteiger charge is -2.02. The minimum absolute atomic E-state index is 0.613. The van der Waals surface area contributed by atoms with Crippen LogP contribution in [0.3, 0.4) is 0 Å². The van der Waals surface area contributed by atoms with E-state index in [9.17, 15) is 0 Å². The molecule has 3 heterocycles. The van der Waals surface area contributed by atoms with E-state index in [0.717, 1.165) is 5.69 Å². The van der Waals surface area contributed by atoms with Crippen LogP contribution < -0.4 is 5.32 Å². The third kappa shape index (κ3) is 1.92. The number of aryl methyl sites for hydroxylation is 1. The van der Waals surface area contributed by atoms with Gasteiger partial charge in [-0.25, -0.2) is 0 Å². The van der Waals surface area contributed by atoms with Gasteiger partial charge in [0.2, 0.25) is 0 Å². The normalized spacial score (nSPS) is 10.9. The van der Waals surface area contributed by atoms with Gasteiger partial charge in [-0.3, -0.25) is 4.68 Å². The molecule has 0 saturated carbocycles. The average Bonchev–Trinajstić information content (AvgIpc) is 2.94. The van der Waals surface area contributed by atoms with E-state index < -0.39 is 0 Å². The summed E-state index contributed by atoms with van der Waals surface area (Å²) in [6.07, 6.45) is 1.90. The van der Waals surface area contributed by atoms with Gasteiger partial charge in [-0.2, -0.15) is 5.10 Å². The van der Waals surface area contributed by atoms with Gasteiger partial charge in [-0.05, 0) is 28.6 Å². The monoisotopic (exact) mass is 230 g/mol. The van der Waals surface area contributed by atoms with Crippen LogP contribution in [0.2, 0.25) is 0 Å². The number of hydrogen-bond donors (Lipinski definition) is 1.